The van der Waals surface area contributed by atoms with E-state index in [9.17, 15) is 0 Å². The van der Waals surface area contributed by atoms with Crippen LogP contribution >= 0.6 is 0 Å². The SMILES string of the molecule is CN1CCCc2cccc(-c3cc(N)n[nH]3)c21. The fourth-order valence-electron chi connectivity index (χ4n) is 2.55. The number of fused-ring (bicyclic) bond motifs is 1. The first-order valence-corrected chi connectivity index (χ1v) is 5.90. The second-order valence-corrected chi connectivity index (χ2v) is 4.54. The number of aromatic amines is 1. The molecule has 17 heavy (non-hydrogen) atoms. The Hall–Kier alpha value is -1.97. The smallest absolute Gasteiger partial charge is 0.145 e. The predicted octanol–water partition coefficient (Wildman–Crippen LogP) is 2.04. The number of nitrogen functional groups attached to an aromatic ring is 1. The molecule has 1 aromatic carbocycles. The molecule has 0 spiro atoms. The predicted molar refractivity (Wildman–Crippen MR) is 70.0 cm³/mol. The van der Waals surface area contributed by atoms with Crippen LogP contribution in [0.1, 0.15) is 12.0 Å². The van der Waals surface area contributed by atoms with Crippen molar-refractivity contribution >= 4 is 11.5 Å². The number of nitrogens with zero attached hydrogens (tertiary/aromatic N) is 2. The third-order valence-electron chi connectivity index (χ3n) is 3.33. The number of rotatable bonds is 1. The number of H-pyrrole nitrogens is 1. The molecule has 1 aliphatic heterocycles. The van der Waals surface area contributed by atoms with Crippen molar-refractivity contribution in [2.75, 3.05) is 24.2 Å². The molecular weight excluding hydrogens is 212 g/mol. The third kappa shape index (κ3) is 1.65. The average Bonchev–Trinajstić information content (AvgIpc) is 2.75. The van der Waals surface area contributed by atoms with Crippen molar-refractivity contribution in [2.45, 2.75) is 12.8 Å². The minimum Gasteiger partial charge on any atom is -0.382 e. The highest BCUT2D eigenvalue weighted by molar-refractivity contribution is 5.80. The van der Waals surface area contributed by atoms with Crippen LogP contribution in [0.2, 0.25) is 0 Å². The summed E-state index contributed by atoms with van der Waals surface area (Å²) < 4.78 is 0. The summed E-state index contributed by atoms with van der Waals surface area (Å²) in [5.41, 5.74) is 10.6. The summed E-state index contributed by atoms with van der Waals surface area (Å²) in [6, 6.07) is 8.31. The molecule has 0 bridgehead atoms. The van der Waals surface area contributed by atoms with Crippen LogP contribution < -0.4 is 10.6 Å². The molecule has 4 heteroatoms. The van der Waals surface area contributed by atoms with Gasteiger partial charge in [0.05, 0.1) is 5.69 Å². The molecule has 3 rings (SSSR count). The Morgan fingerprint density at radius 2 is 2.29 bits per heavy atom. The van der Waals surface area contributed by atoms with Gasteiger partial charge >= 0.3 is 0 Å². The van der Waals surface area contributed by atoms with E-state index < -0.39 is 0 Å². The summed E-state index contributed by atoms with van der Waals surface area (Å²) in [5, 5.41) is 6.99. The van der Waals surface area contributed by atoms with Gasteiger partial charge in [0, 0.05) is 30.9 Å². The molecular formula is C13H16N4. The average molecular weight is 228 g/mol. The molecule has 1 aromatic heterocycles. The van der Waals surface area contributed by atoms with Crippen molar-refractivity contribution < 1.29 is 0 Å². The van der Waals surface area contributed by atoms with E-state index in [1.54, 1.807) is 0 Å². The normalized spacial score (nSPS) is 14.8. The number of hydrogen-bond acceptors (Lipinski definition) is 3. The van der Waals surface area contributed by atoms with Crippen LogP contribution in [0, 0.1) is 0 Å². The molecule has 88 valence electrons. The Balaban J connectivity index is 2.17. The number of para-hydroxylation sites is 1. The second-order valence-electron chi connectivity index (χ2n) is 4.54. The minimum atomic E-state index is 0.538. The third-order valence-corrected chi connectivity index (χ3v) is 3.33. The van der Waals surface area contributed by atoms with Gasteiger partial charge in [0.25, 0.3) is 0 Å². The van der Waals surface area contributed by atoms with Gasteiger partial charge in [-0.25, -0.2) is 0 Å². The summed E-state index contributed by atoms with van der Waals surface area (Å²) in [4.78, 5) is 2.31. The summed E-state index contributed by atoms with van der Waals surface area (Å²) in [6.07, 6.45) is 2.37. The lowest BCUT2D eigenvalue weighted by Crippen LogP contribution is -2.25. The zero-order valence-electron chi connectivity index (χ0n) is 9.90. The fraction of sp³-hybridized carbons (Fsp3) is 0.308. The maximum absolute atomic E-state index is 5.67. The Bertz CT molecular complexity index is 544. The molecule has 0 saturated heterocycles. The molecule has 2 aromatic rings. The van der Waals surface area contributed by atoms with E-state index >= 15 is 0 Å². The van der Waals surface area contributed by atoms with E-state index in [0.717, 1.165) is 18.7 Å². The van der Waals surface area contributed by atoms with Crippen LogP contribution in [0.5, 0.6) is 0 Å². The van der Waals surface area contributed by atoms with E-state index in [0.29, 0.717) is 5.82 Å². The molecule has 0 unspecified atom stereocenters. The van der Waals surface area contributed by atoms with E-state index in [-0.39, 0.29) is 0 Å². The minimum absolute atomic E-state index is 0.538. The number of nitrogens with one attached hydrogen (secondary N) is 1. The Kier molecular flexibility index (Phi) is 2.28. The second kappa shape index (κ2) is 3.80. The summed E-state index contributed by atoms with van der Waals surface area (Å²) in [6.45, 7) is 1.10. The maximum atomic E-state index is 5.67. The number of anilines is 2. The van der Waals surface area contributed by atoms with Crippen molar-refractivity contribution in [3.05, 3.63) is 29.8 Å². The van der Waals surface area contributed by atoms with Gasteiger partial charge < -0.3 is 10.6 Å². The van der Waals surface area contributed by atoms with E-state index in [1.165, 1.54) is 23.2 Å². The van der Waals surface area contributed by atoms with Crippen molar-refractivity contribution in [1.82, 2.24) is 10.2 Å². The van der Waals surface area contributed by atoms with Crippen molar-refractivity contribution in [1.29, 1.82) is 0 Å². The van der Waals surface area contributed by atoms with Gasteiger partial charge in [-0.2, -0.15) is 5.10 Å². The van der Waals surface area contributed by atoms with Gasteiger partial charge in [0.15, 0.2) is 0 Å². The van der Waals surface area contributed by atoms with Crippen molar-refractivity contribution in [3.63, 3.8) is 0 Å². The van der Waals surface area contributed by atoms with Crippen LogP contribution in [0.25, 0.3) is 11.3 Å². The lowest BCUT2D eigenvalue weighted by Gasteiger charge is -2.29. The molecule has 4 nitrogen and oxygen atoms in total. The van der Waals surface area contributed by atoms with Gasteiger partial charge in [-0.3, -0.25) is 5.10 Å². The maximum Gasteiger partial charge on any atom is 0.145 e. The molecule has 0 atom stereocenters. The monoisotopic (exact) mass is 228 g/mol. The quantitative estimate of drug-likeness (QED) is 0.785. The van der Waals surface area contributed by atoms with Crippen LogP contribution in [-0.4, -0.2) is 23.8 Å². The molecule has 0 amide bonds. The van der Waals surface area contributed by atoms with Crippen molar-refractivity contribution in [2.24, 2.45) is 0 Å². The van der Waals surface area contributed by atoms with Crippen LogP contribution in [-0.2, 0) is 6.42 Å². The van der Waals surface area contributed by atoms with Gasteiger partial charge in [0.2, 0.25) is 0 Å². The molecule has 3 N–H and O–H groups in total. The topological polar surface area (TPSA) is 57.9 Å². The van der Waals surface area contributed by atoms with Crippen molar-refractivity contribution in [3.8, 4) is 11.3 Å². The number of benzene rings is 1. The van der Waals surface area contributed by atoms with Gasteiger partial charge in [0.1, 0.15) is 5.82 Å². The van der Waals surface area contributed by atoms with E-state index in [2.05, 4.69) is 40.3 Å². The van der Waals surface area contributed by atoms with Gasteiger partial charge in [-0.1, -0.05) is 18.2 Å². The fourth-order valence-corrected chi connectivity index (χ4v) is 2.55. The number of hydrogen-bond donors (Lipinski definition) is 2. The largest absolute Gasteiger partial charge is 0.382 e. The first-order valence-electron chi connectivity index (χ1n) is 5.90. The lowest BCUT2D eigenvalue weighted by molar-refractivity contribution is 0.745. The molecule has 0 saturated carbocycles. The lowest BCUT2D eigenvalue weighted by atomic mass is 9.97. The van der Waals surface area contributed by atoms with E-state index in [4.69, 9.17) is 5.73 Å². The first kappa shape index (κ1) is 10.2. The standard InChI is InChI=1S/C13H16N4/c1-17-7-3-5-9-4-2-6-10(13(9)17)11-8-12(14)16-15-11/h2,4,6,8H,3,5,7H2,1H3,(H3,14,15,16). The van der Waals surface area contributed by atoms with Crippen LogP contribution in [0.3, 0.4) is 0 Å². The highest BCUT2D eigenvalue weighted by Gasteiger charge is 2.18. The highest BCUT2D eigenvalue weighted by atomic mass is 15.2. The van der Waals surface area contributed by atoms with Gasteiger partial charge in [-0.15, -0.1) is 0 Å². The molecule has 0 aliphatic carbocycles. The number of aromatic nitrogens is 2. The van der Waals surface area contributed by atoms with Crippen LogP contribution in [0.15, 0.2) is 24.3 Å². The molecule has 0 radical (unpaired) electrons. The van der Waals surface area contributed by atoms with E-state index in [1.807, 2.05) is 6.07 Å². The molecule has 1 aliphatic rings. The summed E-state index contributed by atoms with van der Waals surface area (Å²) in [7, 11) is 2.14. The highest BCUT2D eigenvalue weighted by Crippen LogP contribution is 2.36. The molecule has 0 fully saturated rings. The summed E-state index contributed by atoms with van der Waals surface area (Å²) in [5.74, 6) is 0.538. The first-order chi connectivity index (χ1) is 8.25. The zero-order valence-corrected chi connectivity index (χ0v) is 9.90. The Morgan fingerprint density at radius 1 is 1.41 bits per heavy atom. The Labute approximate surface area is 100 Å². The van der Waals surface area contributed by atoms with Gasteiger partial charge in [-0.05, 0) is 18.4 Å². The Morgan fingerprint density at radius 3 is 3.06 bits per heavy atom. The van der Waals surface area contributed by atoms with Crippen LogP contribution in [0.4, 0.5) is 11.5 Å². The molecule has 2 heterocycles. The number of aryl methyl sites for hydroxylation is 1. The number of nitrogens with two attached hydrogens (primary N) is 1. The summed E-state index contributed by atoms with van der Waals surface area (Å²) >= 11 is 0. The zero-order chi connectivity index (χ0) is 11.8.